The van der Waals surface area contributed by atoms with Crippen LogP contribution in [0.25, 0.3) is 10.9 Å². The van der Waals surface area contributed by atoms with E-state index in [9.17, 15) is 0 Å². The van der Waals surface area contributed by atoms with Crippen molar-refractivity contribution in [2.45, 2.75) is 33.2 Å². The molecule has 26 heavy (non-hydrogen) atoms. The summed E-state index contributed by atoms with van der Waals surface area (Å²) in [5.74, 6) is 1.72. The van der Waals surface area contributed by atoms with E-state index in [1.54, 1.807) is 7.05 Å². The van der Waals surface area contributed by atoms with Crippen LogP contribution in [0.1, 0.15) is 23.4 Å². The molecule has 1 aromatic carbocycles. The number of benzene rings is 1. The van der Waals surface area contributed by atoms with E-state index in [4.69, 9.17) is 4.52 Å². The molecule has 2 aromatic heterocycles. The zero-order valence-electron chi connectivity index (χ0n) is 15.7. The van der Waals surface area contributed by atoms with Gasteiger partial charge in [0, 0.05) is 44.0 Å². The third-order valence-electron chi connectivity index (χ3n) is 4.62. The predicted octanol–water partition coefficient (Wildman–Crippen LogP) is 3.04. The molecule has 3 rings (SSSR count). The van der Waals surface area contributed by atoms with Crippen molar-refractivity contribution < 1.29 is 4.52 Å². The third kappa shape index (κ3) is 4.25. The Morgan fingerprint density at radius 3 is 2.73 bits per heavy atom. The molecule has 0 spiro atoms. The highest BCUT2D eigenvalue weighted by molar-refractivity contribution is 5.80. The summed E-state index contributed by atoms with van der Waals surface area (Å²) in [6, 6.07) is 10.6. The van der Waals surface area contributed by atoms with E-state index in [0.717, 1.165) is 49.9 Å². The minimum absolute atomic E-state index is 0.796. The topological polar surface area (TPSA) is 67.4 Å². The number of para-hydroxylation sites is 1. The Morgan fingerprint density at radius 2 is 1.96 bits per heavy atom. The van der Waals surface area contributed by atoms with Crippen LogP contribution < -0.4 is 10.6 Å². The summed E-state index contributed by atoms with van der Waals surface area (Å²) < 4.78 is 7.49. The Bertz CT molecular complexity index is 858. The molecular weight excluding hydrogens is 326 g/mol. The molecule has 0 aliphatic rings. The van der Waals surface area contributed by atoms with Crippen LogP contribution in [0.3, 0.4) is 0 Å². The normalized spacial score (nSPS) is 11.9. The first-order valence-corrected chi connectivity index (χ1v) is 9.09. The van der Waals surface area contributed by atoms with Crippen molar-refractivity contribution in [3.8, 4) is 0 Å². The molecule has 6 heteroatoms. The summed E-state index contributed by atoms with van der Waals surface area (Å²) in [5, 5.41) is 12.0. The van der Waals surface area contributed by atoms with E-state index in [-0.39, 0.29) is 0 Å². The second-order valence-electron chi connectivity index (χ2n) is 6.40. The van der Waals surface area contributed by atoms with Crippen LogP contribution in [0.15, 0.2) is 46.0 Å². The van der Waals surface area contributed by atoms with Gasteiger partial charge in [0.1, 0.15) is 5.76 Å². The lowest BCUT2D eigenvalue weighted by Gasteiger charge is -2.12. The van der Waals surface area contributed by atoms with Gasteiger partial charge in [0.25, 0.3) is 0 Å². The molecule has 0 amide bonds. The molecule has 0 fully saturated rings. The summed E-state index contributed by atoms with van der Waals surface area (Å²) in [7, 11) is 1.80. The number of nitrogens with zero attached hydrogens (tertiary/aromatic N) is 3. The number of rotatable bonds is 7. The van der Waals surface area contributed by atoms with Crippen molar-refractivity contribution in [2.24, 2.45) is 4.99 Å². The van der Waals surface area contributed by atoms with E-state index in [2.05, 4.69) is 61.9 Å². The van der Waals surface area contributed by atoms with Crippen LogP contribution in [-0.4, -0.2) is 35.8 Å². The fraction of sp³-hybridized carbons (Fsp3) is 0.400. The fourth-order valence-corrected chi connectivity index (χ4v) is 3.18. The predicted molar refractivity (Wildman–Crippen MR) is 106 cm³/mol. The summed E-state index contributed by atoms with van der Waals surface area (Å²) >= 11 is 0. The average Bonchev–Trinajstić information content (AvgIpc) is 3.21. The standard InChI is InChI=1S/C20H27N5O/c1-15-18(16(2)26-24-15)9-12-23-20(21-3)22-11-6-13-25-14-10-17-7-4-5-8-19(17)25/h4-5,7-8,10,14H,6,9,11-13H2,1-3H3,(H2,21,22,23). The van der Waals surface area contributed by atoms with Gasteiger partial charge < -0.3 is 19.7 Å². The molecule has 0 bridgehead atoms. The first kappa shape index (κ1) is 18.0. The molecule has 0 unspecified atom stereocenters. The highest BCUT2D eigenvalue weighted by Gasteiger charge is 2.08. The summed E-state index contributed by atoms with van der Waals surface area (Å²) in [5.41, 5.74) is 3.42. The molecule has 3 aromatic rings. The summed E-state index contributed by atoms with van der Waals surface area (Å²) in [4.78, 5) is 4.28. The molecule has 0 saturated heterocycles. The van der Waals surface area contributed by atoms with Gasteiger partial charge in [-0.3, -0.25) is 4.99 Å². The van der Waals surface area contributed by atoms with Crippen LogP contribution in [0.4, 0.5) is 0 Å². The van der Waals surface area contributed by atoms with Crippen molar-refractivity contribution >= 4 is 16.9 Å². The van der Waals surface area contributed by atoms with Crippen molar-refractivity contribution in [3.05, 3.63) is 53.5 Å². The van der Waals surface area contributed by atoms with Crippen LogP contribution in [0, 0.1) is 13.8 Å². The van der Waals surface area contributed by atoms with Crippen LogP contribution >= 0.6 is 0 Å². The first-order chi connectivity index (χ1) is 12.7. The molecule has 0 aliphatic carbocycles. The molecule has 0 saturated carbocycles. The number of aliphatic imine (C=N–C) groups is 1. The van der Waals surface area contributed by atoms with Gasteiger partial charge in [0.15, 0.2) is 5.96 Å². The molecule has 2 heterocycles. The minimum atomic E-state index is 0.796. The number of guanidine groups is 1. The zero-order valence-corrected chi connectivity index (χ0v) is 15.7. The van der Waals surface area contributed by atoms with Gasteiger partial charge in [-0.25, -0.2) is 0 Å². The fourth-order valence-electron chi connectivity index (χ4n) is 3.18. The minimum Gasteiger partial charge on any atom is -0.361 e. The molecule has 0 atom stereocenters. The molecule has 6 nitrogen and oxygen atoms in total. The molecule has 0 radical (unpaired) electrons. The lowest BCUT2D eigenvalue weighted by Crippen LogP contribution is -2.39. The van der Waals surface area contributed by atoms with Gasteiger partial charge in [-0.15, -0.1) is 0 Å². The monoisotopic (exact) mass is 353 g/mol. The van der Waals surface area contributed by atoms with Crippen LogP contribution in [-0.2, 0) is 13.0 Å². The van der Waals surface area contributed by atoms with Crippen molar-refractivity contribution in [1.82, 2.24) is 20.4 Å². The number of aryl methyl sites for hydroxylation is 3. The second-order valence-corrected chi connectivity index (χ2v) is 6.40. The Balaban J connectivity index is 1.40. The largest absolute Gasteiger partial charge is 0.361 e. The van der Waals surface area contributed by atoms with Gasteiger partial charge in [0.2, 0.25) is 0 Å². The lowest BCUT2D eigenvalue weighted by molar-refractivity contribution is 0.392. The maximum atomic E-state index is 5.20. The smallest absolute Gasteiger partial charge is 0.190 e. The second kappa shape index (κ2) is 8.56. The van der Waals surface area contributed by atoms with Gasteiger partial charge in [0.05, 0.1) is 5.69 Å². The summed E-state index contributed by atoms with van der Waals surface area (Å²) in [6.45, 7) is 6.58. The highest BCUT2D eigenvalue weighted by atomic mass is 16.5. The molecular formula is C20H27N5O. The van der Waals surface area contributed by atoms with Gasteiger partial charge in [-0.2, -0.15) is 0 Å². The van der Waals surface area contributed by atoms with Crippen LogP contribution in [0.5, 0.6) is 0 Å². The number of hydrogen-bond donors (Lipinski definition) is 2. The number of aromatic nitrogens is 2. The van der Waals surface area contributed by atoms with E-state index in [0.29, 0.717) is 0 Å². The van der Waals surface area contributed by atoms with E-state index in [1.807, 2.05) is 13.8 Å². The Labute approximate surface area is 154 Å². The Morgan fingerprint density at radius 1 is 1.15 bits per heavy atom. The first-order valence-electron chi connectivity index (χ1n) is 9.09. The number of hydrogen-bond acceptors (Lipinski definition) is 3. The van der Waals surface area contributed by atoms with Gasteiger partial charge in [-0.1, -0.05) is 23.4 Å². The van der Waals surface area contributed by atoms with E-state index >= 15 is 0 Å². The molecule has 0 aliphatic heterocycles. The number of fused-ring (bicyclic) bond motifs is 1. The Hall–Kier alpha value is -2.76. The van der Waals surface area contributed by atoms with E-state index in [1.165, 1.54) is 16.5 Å². The van der Waals surface area contributed by atoms with Crippen LogP contribution in [0.2, 0.25) is 0 Å². The molecule has 2 N–H and O–H groups in total. The zero-order chi connectivity index (χ0) is 18.4. The number of nitrogens with one attached hydrogen (secondary N) is 2. The maximum Gasteiger partial charge on any atom is 0.190 e. The van der Waals surface area contributed by atoms with E-state index < -0.39 is 0 Å². The van der Waals surface area contributed by atoms with Crippen molar-refractivity contribution in [1.29, 1.82) is 0 Å². The summed E-state index contributed by atoms with van der Waals surface area (Å²) in [6.07, 6.45) is 4.06. The maximum absolute atomic E-state index is 5.20. The van der Waals surface area contributed by atoms with Gasteiger partial charge in [-0.05, 0) is 44.2 Å². The quantitative estimate of drug-likeness (QED) is 0.389. The van der Waals surface area contributed by atoms with Crippen molar-refractivity contribution in [2.75, 3.05) is 20.1 Å². The van der Waals surface area contributed by atoms with Gasteiger partial charge >= 0.3 is 0 Å². The Kier molecular flexibility index (Phi) is 5.94. The highest BCUT2D eigenvalue weighted by Crippen LogP contribution is 2.15. The third-order valence-corrected chi connectivity index (χ3v) is 4.62. The average molecular weight is 353 g/mol. The van der Waals surface area contributed by atoms with Crippen molar-refractivity contribution in [3.63, 3.8) is 0 Å². The molecule has 138 valence electrons. The lowest BCUT2D eigenvalue weighted by atomic mass is 10.1. The SMILES string of the molecule is CN=C(NCCCn1ccc2ccccc21)NCCc1c(C)noc1C.